The van der Waals surface area contributed by atoms with E-state index in [2.05, 4.69) is 0 Å². The van der Waals surface area contributed by atoms with Crippen molar-refractivity contribution in [3.63, 3.8) is 0 Å². The van der Waals surface area contributed by atoms with Crippen molar-refractivity contribution in [1.82, 2.24) is 4.90 Å². The first-order chi connectivity index (χ1) is 13.3. The number of carbonyl (C=O) groups excluding carboxylic acids is 3. The smallest absolute Gasteiger partial charge is 0.410 e. The van der Waals surface area contributed by atoms with E-state index in [1.165, 1.54) is 11.9 Å². The lowest BCUT2D eigenvalue weighted by molar-refractivity contribution is -0.163. The van der Waals surface area contributed by atoms with Gasteiger partial charge in [-0.05, 0) is 38.2 Å². The van der Waals surface area contributed by atoms with Gasteiger partial charge < -0.3 is 14.2 Å². The summed E-state index contributed by atoms with van der Waals surface area (Å²) in [4.78, 5) is 38.2. The highest BCUT2D eigenvalue weighted by Crippen LogP contribution is 2.25. The number of hydrogen-bond acceptors (Lipinski definition) is 6. The first kappa shape index (κ1) is 24.5. The molecule has 0 heterocycles. The second kappa shape index (κ2) is 10.3. The fourth-order valence-electron chi connectivity index (χ4n) is 2.43. The number of likely N-dealkylation sites (N-methyl/N-ethyl adjacent to an activating group) is 1. The first-order valence-electron chi connectivity index (χ1n) is 9.60. The molecule has 1 amide bonds. The molecule has 0 saturated carbocycles. The van der Waals surface area contributed by atoms with Crippen LogP contribution in [0.3, 0.4) is 0 Å². The lowest BCUT2D eigenvalue weighted by Crippen LogP contribution is -2.47. The van der Waals surface area contributed by atoms with Gasteiger partial charge in [0.25, 0.3) is 0 Å². The number of amides is 1. The van der Waals surface area contributed by atoms with Crippen LogP contribution in [0.5, 0.6) is 0 Å². The van der Waals surface area contributed by atoms with E-state index in [1.54, 1.807) is 20.8 Å². The first-order valence-corrected chi connectivity index (χ1v) is 9.60. The molecule has 1 unspecified atom stereocenters. The van der Waals surface area contributed by atoms with Gasteiger partial charge in [-0.25, -0.2) is 14.4 Å². The molecule has 0 saturated heterocycles. The number of rotatable bonds is 7. The number of benzene rings is 1. The summed E-state index contributed by atoms with van der Waals surface area (Å²) in [6.07, 6.45) is -0.281. The topological polar surface area (TPSA) is 82.1 Å². The van der Waals surface area contributed by atoms with Gasteiger partial charge in [0.2, 0.25) is 0 Å². The van der Waals surface area contributed by atoms with Crippen molar-refractivity contribution in [2.45, 2.75) is 66.2 Å². The molecule has 7 heteroatoms. The Balaban J connectivity index is 2.68. The summed E-state index contributed by atoms with van der Waals surface area (Å²) in [6.45, 7) is 10.7. The third-order valence-electron chi connectivity index (χ3n) is 3.80. The molecule has 0 N–H and O–H groups in total. The Kier molecular flexibility index (Phi) is 8.67. The van der Waals surface area contributed by atoms with E-state index in [0.29, 0.717) is 6.42 Å². The van der Waals surface area contributed by atoms with Gasteiger partial charge in [-0.2, -0.15) is 0 Å². The lowest BCUT2D eigenvalue weighted by Gasteiger charge is -2.32. The fourth-order valence-corrected chi connectivity index (χ4v) is 2.43. The van der Waals surface area contributed by atoms with E-state index in [0.717, 1.165) is 5.56 Å². The summed E-state index contributed by atoms with van der Waals surface area (Å²) in [7, 11) is 1.49. The van der Waals surface area contributed by atoms with Crippen molar-refractivity contribution in [3.05, 3.63) is 35.9 Å². The van der Waals surface area contributed by atoms with Crippen LogP contribution in [-0.2, 0) is 30.4 Å². The fraction of sp³-hybridized carbons (Fsp3) is 0.591. The molecule has 0 aliphatic heterocycles. The Hall–Kier alpha value is -2.57. The molecule has 0 bridgehead atoms. The van der Waals surface area contributed by atoms with E-state index in [4.69, 9.17) is 14.2 Å². The molecule has 0 fully saturated rings. The lowest BCUT2D eigenvalue weighted by atomic mass is 9.87. The molecule has 0 aliphatic rings. The van der Waals surface area contributed by atoms with Crippen LogP contribution in [0, 0.1) is 5.41 Å². The highest BCUT2D eigenvalue weighted by Gasteiger charge is 2.34. The van der Waals surface area contributed by atoms with Crippen LogP contribution in [-0.4, -0.2) is 48.2 Å². The average Bonchev–Trinajstić information content (AvgIpc) is 2.60. The average molecular weight is 408 g/mol. The van der Waals surface area contributed by atoms with Gasteiger partial charge in [0.05, 0.1) is 0 Å². The maximum Gasteiger partial charge on any atom is 0.410 e. The molecule has 0 radical (unpaired) electrons. The van der Waals surface area contributed by atoms with E-state index < -0.39 is 36.3 Å². The van der Waals surface area contributed by atoms with E-state index in [1.807, 2.05) is 51.1 Å². The van der Waals surface area contributed by atoms with Gasteiger partial charge in [-0.15, -0.1) is 0 Å². The third-order valence-corrected chi connectivity index (χ3v) is 3.80. The minimum atomic E-state index is -0.883. The number of carbonyl (C=O) groups is 3. The molecule has 0 aromatic heterocycles. The Bertz CT molecular complexity index is 687. The van der Waals surface area contributed by atoms with Gasteiger partial charge in [0.15, 0.2) is 6.61 Å². The summed E-state index contributed by atoms with van der Waals surface area (Å²) >= 11 is 0. The zero-order valence-corrected chi connectivity index (χ0v) is 18.5. The van der Waals surface area contributed by atoms with Gasteiger partial charge in [-0.3, -0.25) is 4.90 Å². The van der Waals surface area contributed by atoms with Crippen LogP contribution in [0.1, 0.15) is 53.5 Å². The number of nitrogens with zero attached hydrogens (tertiary/aromatic N) is 1. The Morgan fingerprint density at radius 2 is 1.55 bits per heavy atom. The predicted molar refractivity (Wildman–Crippen MR) is 109 cm³/mol. The molecule has 0 aliphatic carbocycles. The van der Waals surface area contributed by atoms with Gasteiger partial charge in [-0.1, -0.05) is 51.1 Å². The molecule has 162 valence electrons. The molecule has 0 spiro atoms. The van der Waals surface area contributed by atoms with Crippen LogP contribution in [0.15, 0.2) is 30.3 Å². The highest BCUT2D eigenvalue weighted by molar-refractivity contribution is 5.83. The summed E-state index contributed by atoms with van der Waals surface area (Å²) in [5.41, 5.74) is -0.112. The van der Waals surface area contributed by atoms with Crippen molar-refractivity contribution in [2.24, 2.45) is 5.41 Å². The van der Waals surface area contributed by atoms with Crippen molar-refractivity contribution in [3.8, 4) is 0 Å². The minimum absolute atomic E-state index is 0.0977. The van der Waals surface area contributed by atoms with Gasteiger partial charge in [0, 0.05) is 7.05 Å². The van der Waals surface area contributed by atoms with Crippen LogP contribution >= 0.6 is 0 Å². The molecular weight excluding hydrogens is 374 g/mol. The van der Waals surface area contributed by atoms with E-state index >= 15 is 0 Å². The normalized spacial score (nSPS) is 12.7. The molecule has 29 heavy (non-hydrogen) atoms. The van der Waals surface area contributed by atoms with Crippen molar-refractivity contribution < 1.29 is 28.6 Å². The zero-order chi connectivity index (χ0) is 22.2. The van der Waals surface area contributed by atoms with Crippen LogP contribution in [0.4, 0.5) is 4.79 Å². The Morgan fingerprint density at radius 1 is 0.966 bits per heavy atom. The summed E-state index contributed by atoms with van der Waals surface area (Å²) < 4.78 is 15.6. The van der Waals surface area contributed by atoms with Crippen LogP contribution < -0.4 is 0 Å². The third kappa shape index (κ3) is 9.96. The van der Waals surface area contributed by atoms with Crippen LogP contribution in [0.2, 0.25) is 0 Å². The SMILES string of the molecule is CN(C(=O)OC(C)(C)C)C(CC(C)(C)C)C(=O)OCC(=O)OCc1ccccc1. The zero-order valence-electron chi connectivity index (χ0n) is 18.5. The maximum absolute atomic E-state index is 12.6. The van der Waals surface area contributed by atoms with E-state index in [-0.39, 0.29) is 12.0 Å². The number of esters is 2. The van der Waals surface area contributed by atoms with Crippen LogP contribution in [0.25, 0.3) is 0 Å². The highest BCUT2D eigenvalue weighted by atomic mass is 16.6. The van der Waals surface area contributed by atoms with Crippen molar-refractivity contribution >= 4 is 18.0 Å². The Labute approximate surface area is 173 Å². The minimum Gasteiger partial charge on any atom is -0.458 e. The van der Waals surface area contributed by atoms with Crippen molar-refractivity contribution in [2.75, 3.05) is 13.7 Å². The molecular formula is C22H33NO6. The number of hydrogen-bond donors (Lipinski definition) is 0. The predicted octanol–water partition coefficient (Wildman–Crippen LogP) is 3.94. The van der Waals surface area contributed by atoms with Crippen molar-refractivity contribution in [1.29, 1.82) is 0 Å². The maximum atomic E-state index is 12.6. The summed E-state index contributed by atoms with van der Waals surface area (Å²) in [5, 5.41) is 0. The second-order valence-electron chi connectivity index (χ2n) is 9.13. The summed E-state index contributed by atoms with van der Waals surface area (Å²) in [6, 6.07) is 8.32. The molecule has 1 aromatic carbocycles. The molecule has 7 nitrogen and oxygen atoms in total. The standard InChI is InChI=1S/C22H33NO6/c1-21(2,3)13-17(23(7)20(26)29-22(4,5)6)19(25)28-15-18(24)27-14-16-11-9-8-10-12-16/h8-12,17H,13-15H2,1-7H3. The van der Waals surface area contributed by atoms with Gasteiger partial charge >= 0.3 is 18.0 Å². The number of ether oxygens (including phenoxy) is 3. The monoisotopic (exact) mass is 407 g/mol. The van der Waals surface area contributed by atoms with Gasteiger partial charge in [0.1, 0.15) is 18.2 Å². The molecule has 1 aromatic rings. The second-order valence-corrected chi connectivity index (χ2v) is 9.13. The molecule has 1 rings (SSSR count). The molecule has 1 atom stereocenters. The van der Waals surface area contributed by atoms with E-state index in [9.17, 15) is 14.4 Å². The quantitative estimate of drug-likeness (QED) is 0.503. The Morgan fingerprint density at radius 3 is 2.07 bits per heavy atom. The largest absolute Gasteiger partial charge is 0.458 e. The summed E-state index contributed by atoms with van der Waals surface area (Å²) in [5.74, 6) is -1.33.